The van der Waals surface area contributed by atoms with Crippen molar-refractivity contribution in [1.82, 2.24) is 0 Å². The maximum absolute atomic E-state index is 12.5. The highest BCUT2D eigenvalue weighted by atomic mass is 32.2. The molecule has 1 N–H and O–H groups in total. The molecular weight excluding hydrogens is 456 g/mol. The summed E-state index contributed by atoms with van der Waals surface area (Å²) in [5, 5.41) is 2.86. The van der Waals surface area contributed by atoms with Crippen molar-refractivity contribution < 1.29 is 41.1 Å². The number of anilines is 1. The molecule has 2 aromatic rings. The number of carbonyl (C=O) groups is 3. The SMILES string of the molecule is COC(=O)c1c(NC(=O)COC(=O)c2ccc(S(=O)(=O)C(F)F)cc2)sc2c1CCC2. The number of thiophene rings is 1. The van der Waals surface area contributed by atoms with E-state index in [1.165, 1.54) is 18.4 Å². The molecule has 1 aromatic heterocycles. The Kier molecular flexibility index (Phi) is 6.70. The molecular formula is C19H17F2NO7S2. The molecule has 1 aromatic carbocycles. The van der Waals surface area contributed by atoms with E-state index >= 15 is 0 Å². The van der Waals surface area contributed by atoms with Crippen molar-refractivity contribution in [2.45, 2.75) is 29.9 Å². The molecule has 1 heterocycles. The number of methoxy groups -OCH3 is 1. The van der Waals surface area contributed by atoms with E-state index in [1.54, 1.807) is 0 Å². The molecule has 31 heavy (non-hydrogen) atoms. The number of fused-ring (bicyclic) bond motifs is 1. The molecule has 0 saturated heterocycles. The van der Waals surface area contributed by atoms with Gasteiger partial charge in [-0.2, -0.15) is 8.78 Å². The summed E-state index contributed by atoms with van der Waals surface area (Å²) in [4.78, 5) is 36.7. The third-order valence-electron chi connectivity index (χ3n) is 4.55. The Hall–Kier alpha value is -2.86. The minimum Gasteiger partial charge on any atom is -0.465 e. The van der Waals surface area contributed by atoms with Crippen molar-refractivity contribution in [1.29, 1.82) is 0 Å². The number of nitrogens with one attached hydrogen (secondary N) is 1. The lowest BCUT2D eigenvalue weighted by Gasteiger charge is -2.08. The maximum Gasteiger partial charge on any atom is 0.341 e. The van der Waals surface area contributed by atoms with Gasteiger partial charge in [0.1, 0.15) is 5.00 Å². The summed E-state index contributed by atoms with van der Waals surface area (Å²) in [6, 6.07) is 3.73. The van der Waals surface area contributed by atoms with Crippen LogP contribution in [0.4, 0.5) is 13.8 Å². The van der Waals surface area contributed by atoms with E-state index in [1.807, 2.05) is 0 Å². The van der Waals surface area contributed by atoms with E-state index in [-0.39, 0.29) is 5.56 Å². The van der Waals surface area contributed by atoms with E-state index in [0.717, 1.165) is 47.5 Å². The van der Waals surface area contributed by atoms with Crippen molar-refractivity contribution in [3.05, 3.63) is 45.8 Å². The van der Waals surface area contributed by atoms with Gasteiger partial charge in [-0.3, -0.25) is 4.79 Å². The molecule has 1 aliphatic rings. The Bertz CT molecular complexity index is 1120. The fourth-order valence-electron chi connectivity index (χ4n) is 3.07. The van der Waals surface area contributed by atoms with Crippen LogP contribution in [0.15, 0.2) is 29.2 Å². The lowest BCUT2D eigenvalue weighted by atomic mass is 10.1. The molecule has 1 amide bonds. The summed E-state index contributed by atoms with van der Waals surface area (Å²) in [6.07, 6.45) is 2.42. The second kappa shape index (κ2) is 9.10. The number of aryl methyl sites for hydroxylation is 1. The van der Waals surface area contributed by atoms with Crippen LogP contribution < -0.4 is 5.32 Å². The van der Waals surface area contributed by atoms with Gasteiger partial charge in [0.15, 0.2) is 6.61 Å². The second-order valence-corrected chi connectivity index (χ2v) is 9.53. The fourth-order valence-corrected chi connectivity index (χ4v) is 5.09. The van der Waals surface area contributed by atoms with Crippen LogP contribution >= 0.6 is 11.3 Å². The zero-order chi connectivity index (χ0) is 22.8. The molecule has 0 saturated carbocycles. The van der Waals surface area contributed by atoms with Gasteiger partial charge in [0.2, 0.25) is 9.84 Å². The molecule has 0 radical (unpaired) electrons. The van der Waals surface area contributed by atoms with Crippen LogP contribution in [0.5, 0.6) is 0 Å². The minimum absolute atomic E-state index is 0.119. The average molecular weight is 473 g/mol. The molecule has 0 fully saturated rings. The number of ether oxygens (including phenoxy) is 2. The zero-order valence-electron chi connectivity index (χ0n) is 16.1. The Labute approximate surface area is 180 Å². The van der Waals surface area contributed by atoms with Gasteiger partial charge in [0.25, 0.3) is 5.91 Å². The van der Waals surface area contributed by atoms with E-state index in [0.29, 0.717) is 17.0 Å². The van der Waals surface area contributed by atoms with Crippen LogP contribution in [0, 0.1) is 0 Å². The molecule has 0 unspecified atom stereocenters. The summed E-state index contributed by atoms with van der Waals surface area (Å²) in [6.45, 7) is -0.668. The van der Waals surface area contributed by atoms with Crippen LogP contribution in [-0.2, 0) is 36.9 Å². The van der Waals surface area contributed by atoms with Gasteiger partial charge in [0.05, 0.1) is 23.1 Å². The molecule has 0 bridgehead atoms. The smallest absolute Gasteiger partial charge is 0.341 e. The predicted molar refractivity (Wildman–Crippen MR) is 106 cm³/mol. The van der Waals surface area contributed by atoms with Gasteiger partial charge in [-0.15, -0.1) is 11.3 Å². The lowest BCUT2D eigenvalue weighted by Crippen LogP contribution is -2.21. The standard InChI is InChI=1S/C19H17F2NO7S2/c1-28-18(25)15-12-3-2-4-13(12)30-16(15)22-14(23)9-29-17(24)10-5-7-11(8-6-10)31(26,27)19(20)21/h5-8,19H,2-4,9H2,1H3,(H,22,23). The molecule has 166 valence electrons. The van der Waals surface area contributed by atoms with E-state index in [2.05, 4.69) is 5.32 Å². The molecule has 0 atom stereocenters. The van der Waals surface area contributed by atoms with E-state index in [4.69, 9.17) is 9.47 Å². The number of carbonyl (C=O) groups excluding carboxylic acids is 3. The molecule has 8 nitrogen and oxygen atoms in total. The van der Waals surface area contributed by atoms with E-state index in [9.17, 15) is 31.6 Å². The summed E-state index contributed by atoms with van der Waals surface area (Å²) >= 11 is 1.27. The first-order valence-corrected chi connectivity index (χ1v) is 11.3. The monoisotopic (exact) mass is 473 g/mol. The number of esters is 2. The quantitative estimate of drug-likeness (QED) is 0.615. The van der Waals surface area contributed by atoms with Crippen LogP contribution in [0.3, 0.4) is 0 Å². The molecule has 1 aliphatic carbocycles. The van der Waals surface area contributed by atoms with Gasteiger partial charge in [-0.25, -0.2) is 18.0 Å². The summed E-state index contributed by atoms with van der Waals surface area (Å²) in [5.41, 5.74) is 1.03. The lowest BCUT2D eigenvalue weighted by molar-refractivity contribution is -0.119. The molecule has 12 heteroatoms. The first-order chi connectivity index (χ1) is 14.6. The van der Waals surface area contributed by atoms with E-state index < -0.39 is 44.9 Å². The van der Waals surface area contributed by atoms with Crippen molar-refractivity contribution in [2.24, 2.45) is 0 Å². The maximum atomic E-state index is 12.5. The molecule has 3 rings (SSSR count). The molecule has 0 spiro atoms. The largest absolute Gasteiger partial charge is 0.465 e. The number of sulfone groups is 1. The number of benzene rings is 1. The highest BCUT2D eigenvalue weighted by molar-refractivity contribution is 7.91. The van der Waals surface area contributed by atoms with Gasteiger partial charge in [-0.05, 0) is 49.1 Å². The summed E-state index contributed by atoms with van der Waals surface area (Å²) in [7, 11) is -3.54. The average Bonchev–Trinajstić information content (AvgIpc) is 3.32. The third-order valence-corrected chi connectivity index (χ3v) is 7.16. The van der Waals surface area contributed by atoms with Gasteiger partial charge in [-0.1, -0.05) is 0 Å². The van der Waals surface area contributed by atoms with Crippen LogP contribution in [0.25, 0.3) is 0 Å². The Morgan fingerprint density at radius 2 is 1.81 bits per heavy atom. The van der Waals surface area contributed by atoms with Gasteiger partial charge in [0, 0.05) is 4.88 Å². The van der Waals surface area contributed by atoms with Crippen LogP contribution in [0.2, 0.25) is 0 Å². The van der Waals surface area contributed by atoms with Crippen molar-refractivity contribution in [2.75, 3.05) is 19.0 Å². The van der Waals surface area contributed by atoms with Crippen LogP contribution in [0.1, 0.15) is 37.6 Å². The van der Waals surface area contributed by atoms with Crippen LogP contribution in [-0.4, -0.2) is 45.7 Å². The van der Waals surface area contributed by atoms with Crippen molar-refractivity contribution in [3.8, 4) is 0 Å². The topological polar surface area (TPSA) is 116 Å². The zero-order valence-corrected chi connectivity index (χ0v) is 17.8. The number of hydrogen-bond acceptors (Lipinski definition) is 8. The highest BCUT2D eigenvalue weighted by Gasteiger charge is 2.29. The Morgan fingerprint density at radius 3 is 2.42 bits per heavy atom. The number of halogens is 2. The normalized spacial score (nSPS) is 13.0. The number of hydrogen-bond donors (Lipinski definition) is 1. The van der Waals surface area contributed by atoms with Crippen molar-refractivity contribution >= 4 is 44.0 Å². The first-order valence-electron chi connectivity index (χ1n) is 8.97. The Balaban J connectivity index is 1.63. The summed E-state index contributed by atoms with van der Waals surface area (Å²) < 4.78 is 57.6. The third kappa shape index (κ3) is 4.74. The van der Waals surface area contributed by atoms with Gasteiger partial charge < -0.3 is 14.8 Å². The van der Waals surface area contributed by atoms with Crippen molar-refractivity contribution in [3.63, 3.8) is 0 Å². The Morgan fingerprint density at radius 1 is 1.13 bits per heavy atom. The fraction of sp³-hybridized carbons (Fsp3) is 0.316. The second-order valence-electron chi connectivity index (χ2n) is 6.51. The number of rotatable bonds is 7. The molecule has 0 aliphatic heterocycles. The first kappa shape index (κ1) is 22.8. The highest BCUT2D eigenvalue weighted by Crippen LogP contribution is 2.39. The van der Waals surface area contributed by atoms with Gasteiger partial charge >= 0.3 is 17.7 Å². The summed E-state index contributed by atoms with van der Waals surface area (Å²) in [5.74, 6) is -5.78. The number of alkyl halides is 2. The number of amides is 1. The predicted octanol–water partition coefficient (Wildman–Crippen LogP) is 2.82. The minimum atomic E-state index is -4.78.